The first kappa shape index (κ1) is 26.6. The zero-order valence-corrected chi connectivity index (χ0v) is 24.0. The van der Waals surface area contributed by atoms with Gasteiger partial charge in [0.05, 0.1) is 23.1 Å². The van der Waals surface area contributed by atoms with Crippen molar-refractivity contribution in [3.05, 3.63) is 104 Å². The minimum absolute atomic E-state index is 0.103. The van der Waals surface area contributed by atoms with Crippen LogP contribution < -0.4 is 14.8 Å². The maximum atomic E-state index is 14.2. The van der Waals surface area contributed by atoms with E-state index in [0.29, 0.717) is 44.0 Å². The largest absolute Gasteiger partial charge is 0.507 e. The first-order chi connectivity index (χ1) is 20.5. The molecule has 0 fully saturated rings. The van der Waals surface area contributed by atoms with E-state index < -0.39 is 0 Å². The molecule has 3 aromatic carbocycles. The van der Waals surface area contributed by atoms with E-state index in [0.717, 1.165) is 46.6 Å². The van der Waals surface area contributed by atoms with E-state index in [4.69, 9.17) is 9.47 Å². The summed E-state index contributed by atoms with van der Waals surface area (Å²) in [4.78, 5) is 29.9. The Morgan fingerprint density at radius 1 is 0.905 bits per heavy atom. The lowest BCUT2D eigenvalue weighted by atomic mass is 9.87. The predicted octanol–water partition coefficient (Wildman–Crippen LogP) is 6.43. The quantitative estimate of drug-likeness (QED) is 0.271. The molecule has 9 rings (SSSR count). The van der Waals surface area contributed by atoms with E-state index in [-0.39, 0.29) is 29.2 Å². The molecule has 4 aliphatic heterocycles. The van der Waals surface area contributed by atoms with E-state index in [1.54, 1.807) is 23.5 Å². The summed E-state index contributed by atoms with van der Waals surface area (Å²) in [6, 6.07) is 18.4. The molecule has 5 heterocycles. The Bertz CT molecular complexity index is 1660. The molecule has 0 saturated heterocycles. The van der Waals surface area contributed by atoms with Crippen molar-refractivity contribution < 1.29 is 24.2 Å². The van der Waals surface area contributed by atoms with Gasteiger partial charge in [-0.2, -0.15) is 0 Å². The van der Waals surface area contributed by atoms with Gasteiger partial charge in [0.15, 0.2) is 0 Å². The highest BCUT2D eigenvalue weighted by Gasteiger charge is 2.35. The van der Waals surface area contributed by atoms with Crippen LogP contribution in [-0.4, -0.2) is 41.5 Å². The second-order valence-corrected chi connectivity index (χ2v) is 12.0. The van der Waals surface area contributed by atoms with Crippen LogP contribution in [0.1, 0.15) is 73.2 Å². The van der Waals surface area contributed by atoms with Gasteiger partial charge in [0, 0.05) is 13.1 Å². The third-order valence-electron chi connectivity index (χ3n) is 8.42. The number of phenols is 1. The van der Waals surface area contributed by atoms with Crippen molar-refractivity contribution >= 4 is 23.2 Å². The number of rotatable bonds is 1. The molecule has 1 aliphatic carbocycles. The fourth-order valence-corrected chi connectivity index (χ4v) is 7.39. The van der Waals surface area contributed by atoms with Gasteiger partial charge < -0.3 is 24.8 Å². The topological polar surface area (TPSA) is 88.1 Å². The van der Waals surface area contributed by atoms with Crippen LogP contribution in [0.25, 0.3) is 0 Å². The number of fused-ring (bicyclic) bond motifs is 2. The predicted molar refractivity (Wildman–Crippen MR) is 161 cm³/mol. The van der Waals surface area contributed by atoms with E-state index >= 15 is 0 Å². The number of amides is 2. The van der Waals surface area contributed by atoms with Crippen molar-refractivity contribution in [2.24, 2.45) is 0 Å². The molecule has 42 heavy (non-hydrogen) atoms. The minimum Gasteiger partial charge on any atom is -0.507 e. The Morgan fingerprint density at radius 2 is 1.69 bits per heavy atom. The van der Waals surface area contributed by atoms with Crippen molar-refractivity contribution in [3.63, 3.8) is 0 Å². The average molecular weight is 581 g/mol. The zero-order valence-electron chi connectivity index (χ0n) is 23.2. The summed E-state index contributed by atoms with van der Waals surface area (Å²) in [6.45, 7) is 1.42. The lowest BCUT2D eigenvalue weighted by Crippen LogP contribution is -2.40. The molecular weight excluding hydrogens is 548 g/mol. The number of carbonyl (C=O) groups is 2. The second-order valence-electron chi connectivity index (χ2n) is 11.1. The molecule has 0 radical (unpaired) electrons. The molecular formula is C34H32N2O5S. The fourth-order valence-electron chi connectivity index (χ4n) is 6.28. The molecule has 7 nitrogen and oxygen atoms in total. The molecule has 2 N–H and O–H groups in total. The van der Waals surface area contributed by atoms with Gasteiger partial charge in [-0.05, 0) is 114 Å². The number of thiophene rings is 1. The Hall–Kier alpha value is -4.30. The Kier molecular flexibility index (Phi) is 7.07. The van der Waals surface area contributed by atoms with Crippen molar-refractivity contribution in [1.29, 1.82) is 0 Å². The molecule has 1 aromatic heterocycles. The van der Waals surface area contributed by atoms with E-state index in [1.165, 1.54) is 23.6 Å². The molecule has 1 atom stereocenters. The van der Waals surface area contributed by atoms with Crippen LogP contribution in [0.4, 0.5) is 0 Å². The van der Waals surface area contributed by atoms with Crippen LogP contribution in [0.2, 0.25) is 0 Å². The highest BCUT2D eigenvalue weighted by Crippen LogP contribution is 2.41. The number of carbonyl (C=O) groups excluding carboxylic acids is 2. The maximum Gasteiger partial charge on any atom is 0.265 e. The standard InChI is InChI=1S/C34H32N2O5S/c37-30-13-11-26-19-29(30)33(38)35-15-3-17-40-24-8-6-21(7-9-24)31-27-12-10-25(41-26)18-22(27)14-16-36(31)34(39)32-28-5-2-1-4-23(28)20-42-32/h6-13,18-20,31,37H,1-5,14-17H2,(H,35,38). The number of nitrogens with zero attached hydrogens (tertiary/aromatic N) is 1. The second kappa shape index (κ2) is 11.2. The molecule has 2 amide bonds. The number of aryl methyl sites for hydroxylation is 1. The lowest BCUT2D eigenvalue weighted by molar-refractivity contribution is 0.0698. The smallest absolute Gasteiger partial charge is 0.265 e. The third-order valence-corrected chi connectivity index (χ3v) is 9.48. The third kappa shape index (κ3) is 5.00. The summed E-state index contributed by atoms with van der Waals surface area (Å²) in [5, 5.41) is 15.3. The monoisotopic (exact) mass is 580 g/mol. The van der Waals surface area contributed by atoms with Crippen LogP contribution in [0.15, 0.2) is 66.0 Å². The summed E-state index contributed by atoms with van der Waals surface area (Å²) >= 11 is 1.59. The molecule has 8 heteroatoms. The Balaban J connectivity index is 1.28. The first-order valence-electron chi connectivity index (χ1n) is 14.6. The van der Waals surface area contributed by atoms with Crippen LogP contribution in [0.5, 0.6) is 23.0 Å². The maximum absolute atomic E-state index is 14.2. The van der Waals surface area contributed by atoms with Crippen molar-refractivity contribution in [2.45, 2.75) is 44.6 Å². The molecule has 0 spiro atoms. The van der Waals surface area contributed by atoms with Gasteiger partial charge in [0.2, 0.25) is 0 Å². The Morgan fingerprint density at radius 3 is 2.57 bits per heavy atom. The van der Waals surface area contributed by atoms with Gasteiger partial charge in [0.1, 0.15) is 23.0 Å². The molecule has 8 bridgehead atoms. The van der Waals surface area contributed by atoms with Crippen LogP contribution in [0, 0.1) is 0 Å². The minimum atomic E-state index is -0.370. The molecule has 0 saturated carbocycles. The normalized spacial score (nSPS) is 18.1. The highest BCUT2D eigenvalue weighted by molar-refractivity contribution is 7.12. The van der Waals surface area contributed by atoms with Gasteiger partial charge in [-0.1, -0.05) is 18.2 Å². The molecule has 214 valence electrons. The Labute approximate surface area is 248 Å². The number of benzene rings is 3. The fraction of sp³-hybridized carbons (Fsp3) is 0.294. The summed E-state index contributed by atoms with van der Waals surface area (Å²) in [6.07, 6.45) is 5.66. The number of hydrogen-bond donors (Lipinski definition) is 2. The van der Waals surface area contributed by atoms with Gasteiger partial charge in [0.25, 0.3) is 11.8 Å². The highest BCUT2D eigenvalue weighted by atomic mass is 32.1. The first-order valence-corrected chi connectivity index (χ1v) is 15.5. The van der Waals surface area contributed by atoms with Crippen LogP contribution in [-0.2, 0) is 19.3 Å². The van der Waals surface area contributed by atoms with Crippen molar-refractivity contribution in [3.8, 4) is 23.0 Å². The number of phenolic OH excluding ortho intramolecular Hbond substituents is 1. The van der Waals surface area contributed by atoms with Crippen molar-refractivity contribution in [1.82, 2.24) is 10.2 Å². The number of ether oxygens (including phenoxy) is 2. The number of nitrogens with one attached hydrogen (secondary N) is 1. The molecule has 5 aliphatic rings. The summed E-state index contributed by atoms with van der Waals surface area (Å²) in [5.74, 6) is 1.46. The van der Waals surface area contributed by atoms with Gasteiger partial charge in [-0.25, -0.2) is 0 Å². The van der Waals surface area contributed by atoms with Gasteiger partial charge >= 0.3 is 0 Å². The summed E-state index contributed by atoms with van der Waals surface area (Å²) < 4.78 is 12.1. The van der Waals surface area contributed by atoms with Crippen molar-refractivity contribution in [2.75, 3.05) is 19.7 Å². The zero-order chi connectivity index (χ0) is 28.6. The summed E-state index contributed by atoms with van der Waals surface area (Å²) in [5.41, 5.74) is 5.96. The number of aromatic hydroxyl groups is 1. The molecule has 4 aromatic rings. The molecule has 1 unspecified atom stereocenters. The van der Waals surface area contributed by atoms with E-state index in [2.05, 4.69) is 10.7 Å². The SMILES string of the molecule is O=C1NCCCOc2ccc(cc2)C2c3ccc(cc3CCN2C(=O)c2scc3c2CCCC3)Oc2ccc(O)c1c2. The van der Waals surface area contributed by atoms with Gasteiger partial charge in [-0.3, -0.25) is 9.59 Å². The van der Waals surface area contributed by atoms with Crippen LogP contribution >= 0.6 is 11.3 Å². The summed E-state index contributed by atoms with van der Waals surface area (Å²) in [7, 11) is 0. The van der Waals surface area contributed by atoms with Crippen LogP contribution in [0.3, 0.4) is 0 Å². The lowest BCUT2D eigenvalue weighted by Gasteiger charge is -2.38. The average Bonchev–Trinajstić information content (AvgIpc) is 3.45. The van der Waals surface area contributed by atoms with E-state index in [9.17, 15) is 14.7 Å². The van der Waals surface area contributed by atoms with Gasteiger partial charge in [-0.15, -0.1) is 11.3 Å². The van der Waals surface area contributed by atoms with E-state index in [1.807, 2.05) is 47.4 Å². The number of hydrogen-bond acceptors (Lipinski definition) is 6.